The zero-order valence-electron chi connectivity index (χ0n) is 12.3. The molecule has 2 aromatic heterocycles. The van der Waals surface area contributed by atoms with E-state index in [1.165, 1.54) is 0 Å². The van der Waals surface area contributed by atoms with Crippen molar-refractivity contribution in [2.45, 2.75) is 31.5 Å². The van der Waals surface area contributed by atoms with E-state index >= 15 is 0 Å². The number of aromatic nitrogens is 4. The standard InChI is InChI=1S/C14H20ClN5O/c1-18(2)5-6-20-13(11(15)7-17-20)14(21)12-8-16-9-19(12)10-3-4-10/h7-10,14,21H,3-6H2,1-2H3. The van der Waals surface area contributed by atoms with Crippen molar-refractivity contribution in [1.29, 1.82) is 0 Å². The fourth-order valence-electron chi connectivity index (χ4n) is 2.44. The molecule has 1 fully saturated rings. The van der Waals surface area contributed by atoms with Gasteiger partial charge in [-0.15, -0.1) is 0 Å². The molecule has 0 saturated heterocycles. The molecule has 1 aliphatic carbocycles. The molecule has 0 radical (unpaired) electrons. The molecule has 0 aliphatic heterocycles. The van der Waals surface area contributed by atoms with Crippen LogP contribution in [0.1, 0.15) is 36.4 Å². The summed E-state index contributed by atoms with van der Waals surface area (Å²) < 4.78 is 3.82. The fourth-order valence-corrected chi connectivity index (χ4v) is 2.69. The van der Waals surface area contributed by atoms with E-state index in [-0.39, 0.29) is 0 Å². The smallest absolute Gasteiger partial charge is 0.139 e. The van der Waals surface area contributed by atoms with Crippen LogP contribution in [-0.2, 0) is 6.54 Å². The van der Waals surface area contributed by atoms with Crippen molar-refractivity contribution in [3.63, 3.8) is 0 Å². The van der Waals surface area contributed by atoms with Crippen LogP contribution in [0.3, 0.4) is 0 Å². The van der Waals surface area contributed by atoms with Gasteiger partial charge in [0.1, 0.15) is 6.10 Å². The Morgan fingerprint density at radius 3 is 2.86 bits per heavy atom. The number of hydrogen-bond donors (Lipinski definition) is 1. The first-order chi connectivity index (χ1) is 10.1. The van der Waals surface area contributed by atoms with E-state index in [4.69, 9.17) is 11.6 Å². The highest BCUT2D eigenvalue weighted by Crippen LogP contribution is 2.38. The van der Waals surface area contributed by atoms with Crippen LogP contribution in [0.5, 0.6) is 0 Å². The van der Waals surface area contributed by atoms with Crippen LogP contribution in [0.25, 0.3) is 0 Å². The summed E-state index contributed by atoms with van der Waals surface area (Å²) in [7, 11) is 4.01. The second-order valence-electron chi connectivity index (χ2n) is 5.76. The molecule has 1 N–H and O–H groups in total. The van der Waals surface area contributed by atoms with Gasteiger partial charge in [-0.2, -0.15) is 5.10 Å². The van der Waals surface area contributed by atoms with Crippen molar-refractivity contribution in [2.24, 2.45) is 0 Å². The van der Waals surface area contributed by atoms with Gasteiger partial charge in [-0.05, 0) is 26.9 Å². The highest BCUT2D eigenvalue weighted by Gasteiger charge is 2.30. The third-order valence-corrected chi connectivity index (χ3v) is 4.06. The third-order valence-electron chi connectivity index (χ3n) is 3.77. The van der Waals surface area contributed by atoms with E-state index in [0.717, 1.165) is 25.1 Å². The van der Waals surface area contributed by atoms with Crippen molar-refractivity contribution < 1.29 is 5.11 Å². The Hall–Kier alpha value is -1.37. The largest absolute Gasteiger partial charge is 0.380 e. The van der Waals surface area contributed by atoms with Crippen LogP contribution in [0, 0.1) is 0 Å². The molecule has 7 heteroatoms. The number of aliphatic hydroxyl groups excluding tert-OH is 1. The Bertz CT molecular complexity index is 617. The van der Waals surface area contributed by atoms with Crippen molar-refractivity contribution in [3.8, 4) is 0 Å². The molecular weight excluding hydrogens is 290 g/mol. The molecule has 0 bridgehead atoms. The molecule has 1 saturated carbocycles. The van der Waals surface area contributed by atoms with Gasteiger partial charge < -0.3 is 14.6 Å². The Morgan fingerprint density at radius 2 is 2.19 bits per heavy atom. The minimum absolute atomic E-state index is 0.467. The maximum Gasteiger partial charge on any atom is 0.139 e. The Morgan fingerprint density at radius 1 is 1.43 bits per heavy atom. The zero-order chi connectivity index (χ0) is 15.0. The molecule has 114 valence electrons. The van der Waals surface area contributed by atoms with Crippen molar-refractivity contribution in [1.82, 2.24) is 24.2 Å². The Labute approximate surface area is 129 Å². The summed E-state index contributed by atoms with van der Waals surface area (Å²) in [6.07, 6.45) is 6.57. The number of nitrogens with zero attached hydrogens (tertiary/aromatic N) is 5. The van der Waals surface area contributed by atoms with Crippen LogP contribution in [0.15, 0.2) is 18.7 Å². The Balaban J connectivity index is 1.88. The van der Waals surface area contributed by atoms with Gasteiger partial charge in [-0.25, -0.2) is 4.98 Å². The van der Waals surface area contributed by atoms with E-state index in [2.05, 4.69) is 15.0 Å². The highest BCUT2D eigenvalue weighted by molar-refractivity contribution is 6.31. The molecule has 6 nitrogen and oxygen atoms in total. The van der Waals surface area contributed by atoms with Gasteiger partial charge in [0.2, 0.25) is 0 Å². The number of halogens is 1. The summed E-state index contributed by atoms with van der Waals surface area (Å²) in [5, 5.41) is 15.5. The fraction of sp³-hybridized carbons (Fsp3) is 0.571. The van der Waals surface area contributed by atoms with Crippen molar-refractivity contribution in [3.05, 3.63) is 35.1 Å². The van der Waals surface area contributed by atoms with Gasteiger partial charge in [0, 0.05) is 12.6 Å². The molecule has 1 atom stereocenters. The molecule has 0 aromatic carbocycles. The van der Waals surface area contributed by atoms with E-state index in [1.54, 1.807) is 23.4 Å². The molecule has 2 heterocycles. The minimum Gasteiger partial charge on any atom is -0.380 e. The first-order valence-electron chi connectivity index (χ1n) is 7.13. The molecule has 3 rings (SSSR count). The lowest BCUT2D eigenvalue weighted by Gasteiger charge is -2.17. The average Bonchev–Trinajstić information content (AvgIpc) is 3.05. The predicted octanol–water partition coefficient (Wildman–Crippen LogP) is 1.71. The lowest BCUT2D eigenvalue weighted by molar-refractivity contribution is 0.196. The Kier molecular flexibility index (Phi) is 4.01. The van der Waals surface area contributed by atoms with Crippen LogP contribution in [0.4, 0.5) is 0 Å². The quantitative estimate of drug-likeness (QED) is 0.882. The lowest BCUT2D eigenvalue weighted by atomic mass is 10.2. The number of rotatable bonds is 6. The van der Waals surface area contributed by atoms with Crippen molar-refractivity contribution >= 4 is 11.6 Å². The zero-order valence-corrected chi connectivity index (χ0v) is 13.0. The first-order valence-corrected chi connectivity index (χ1v) is 7.51. The summed E-state index contributed by atoms with van der Waals surface area (Å²) in [5.41, 5.74) is 1.42. The SMILES string of the molecule is CN(C)CCn1ncc(Cl)c1C(O)c1cncn1C1CC1. The molecule has 0 amide bonds. The van der Waals surface area contributed by atoms with E-state index in [9.17, 15) is 5.11 Å². The van der Waals surface area contributed by atoms with Gasteiger partial charge >= 0.3 is 0 Å². The summed E-state index contributed by atoms with van der Waals surface area (Å²) >= 11 is 6.23. The molecule has 21 heavy (non-hydrogen) atoms. The summed E-state index contributed by atoms with van der Waals surface area (Å²) in [4.78, 5) is 6.24. The normalized spacial score (nSPS) is 16.6. The van der Waals surface area contributed by atoms with E-state index in [0.29, 0.717) is 23.3 Å². The number of likely N-dealkylation sites (N-methyl/N-ethyl adjacent to an activating group) is 1. The molecule has 2 aromatic rings. The summed E-state index contributed by atoms with van der Waals surface area (Å²) in [5.74, 6) is 0. The molecular formula is C14H20ClN5O. The van der Waals surface area contributed by atoms with Crippen LogP contribution >= 0.6 is 11.6 Å². The first kappa shape index (κ1) is 14.6. The lowest BCUT2D eigenvalue weighted by Crippen LogP contribution is -2.21. The van der Waals surface area contributed by atoms with Gasteiger partial charge in [-0.3, -0.25) is 4.68 Å². The predicted molar refractivity (Wildman–Crippen MR) is 80.4 cm³/mol. The molecule has 1 aliphatic rings. The second kappa shape index (κ2) is 5.79. The molecule has 0 spiro atoms. The molecule has 1 unspecified atom stereocenters. The highest BCUT2D eigenvalue weighted by atomic mass is 35.5. The number of imidazole rings is 1. The maximum absolute atomic E-state index is 10.7. The van der Waals surface area contributed by atoms with Crippen LogP contribution < -0.4 is 0 Å². The van der Waals surface area contributed by atoms with Crippen molar-refractivity contribution in [2.75, 3.05) is 20.6 Å². The maximum atomic E-state index is 10.7. The van der Waals surface area contributed by atoms with Crippen LogP contribution in [-0.4, -0.2) is 50.0 Å². The third kappa shape index (κ3) is 2.97. The average molecular weight is 310 g/mol. The van der Waals surface area contributed by atoms with Gasteiger partial charge in [0.15, 0.2) is 0 Å². The monoisotopic (exact) mass is 309 g/mol. The second-order valence-corrected chi connectivity index (χ2v) is 6.17. The van der Waals surface area contributed by atoms with Crippen LogP contribution in [0.2, 0.25) is 5.02 Å². The minimum atomic E-state index is -0.801. The van der Waals surface area contributed by atoms with Gasteiger partial charge in [0.25, 0.3) is 0 Å². The van der Waals surface area contributed by atoms with Gasteiger partial charge in [-0.1, -0.05) is 11.6 Å². The van der Waals surface area contributed by atoms with E-state index in [1.807, 2.05) is 18.7 Å². The summed E-state index contributed by atoms with van der Waals surface area (Å²) in [6, 6.07) is 0.467. The van der Waals surface area contributed by atoms with Gasteiger partial charge in [0.05, 0.1) is 41.7 Å². The topological polar surface area (TPSA) is 59.1 Å². The number of aliphatic hydroxyl groups is 1. The summed E-state index contributed by atoms with van der Waals surface area (Å²) in [6.45, 7) is 1.52. The number of hydrogen-bond acceptors (Lipinski definition) is 4. The van der Waals surface area contributed by atoms with E-state index < -0.39 is 6.10 Å².